The number of aryl methyl sites for hydroxylation is 1. The minimum Gasteiger partial charge on any atom is -0.381 e. The molecule has 1 aromatic heterocycles. The first-order chi connectivity index (χ1) is 14.0. The molecule has 3 aliphatic rings. The second-order valence-electron chi connectivity index (χ2n) is 8.59. The van der Waals surface area contributed by atoms with E-state index in [0.717, 1.165) is 57.4 Å². The molecule has 156 valence electrons. The lowest BCUT2D eigenvalue weighted by Gasteiger charge is -2.48. The number of anilines is 1. The Kier molecular flexibility index (Phi) is 5.70. The number of amides is 1. The van der Waals surface area contributed by atoms with Gasteiger partial charge < -0.3 is 15.0 Å². The van der Waals surface area contributed by atoms with E-state index in [1.807, 2.05) is 6.92 Å². The average molecular weight is 399 g/mol. The number of carbonyl (C=O) groups excluding carboxylic acids is 1. The summed E-state index contributed by atoms with van der Waals surface area (Å²) < 4.78 is 5.41. The first-order valence-electron chi connectivity index (χ1n) is 10.6. The van der Waals surface area contributed by atoms with Gasteiger partial charge in [-0.15, -0.1) is 0 Å². The molecule has 0 aromatic carbocycles. The van der Waals surface area contributed by atoms with Crippen LogP contribution in [0.15, 0.2) is 6.07 Å². The number of hydrogen-bond donors (Lipinski definition) is 1. The molecule has 1 spiro atoms. The molecular formula is C21H30N6O2. The molecule has 1 N–H and O–H groups in total. The number of piperidine rings is 1. The number of nitrogens with zero attached hydrogens (tertiary/aromatic N) is 5. The highest BCUT2D eigenvalue weighted by molar-refractivity contribution is 5.79. The van der Waals surface area contributed by atoms with Gasteiger partial charge in [0.25, 0.3) is 0 Å². The van der Waals surface area contributed by atoms with Gasteiger partial charge in [0.15, 0.2) is 0 Å². The molecule has 3 aliphatic heterocycles. The maximum Gasteiger partial charge on any atom is 0.226 e. The topological polar surface area (TPSA) is 94.4 Å². The van der Waals surface area contributed by atoms with Gasteiger partial charge in [-0.05, 0) is 52.1 Å². The third kappa shape index (κ3) is 3.94. The van der Waals surface area contributed by atoms with Gasteiger partial charge in [-0.25, -0.2) is 9.97 Å². The lowest BCUT2D eigenvalue weighted by molar-refractivity contribution is -0.129. The predicted octanol–water partition coefficient (Wildman–Crippen LogP) is 1.24. The van der Waals surface area contributed by atoms with Crippen molar-refractivity contribution in [1.29, 1.82) is 5.26 Å². The molecule has 8 heteroatoms. The van der Waals surface area contributed by atoms with Gasteiger partial charge in [-0.1, -0.05) is 0 Å². The number of rotatable bonds is 3. The molecule has 1 aromatic rings. The average Bonchev–Trinajstić information content (AvgIpc) is 3.03. The lowest BCUT2D eigenvalue weighted by Crippen LogP contribution is -2.64. The molecule has 3 saturated heterocycles. The van der Waals surface area contributed by atoms with Crippen LogP contribution in [-0.2, 0) is 9.53 Å². The van der Waals surface area contributed by atoms with Crippen LogP contribution in [0.3, 0.4) is 0 Å². The first kappa shape index (κ1) is 20.0. The van der Waals surface area contributed by atoms with Crippen LogP contribution in [-0.4, -0.2) is 72.3 Å². The van der Waals surface area contributed by atoms with Crippen molar-refractivity contribution in [2.24, 2.45) is 5.92 Å². The monoisotopic (exact) mass is 398 g/mol. The van der Waals surface area contributed by atoms with Crippen LogP contribution in [0.4, 0.5) is 5.95 Å². The molecule has 2 unspecified atom stereocenters. The third-order valence-electron chi connectivity index (χ3n) is 6.81. The van der Waals surface area contributed by atoms with Gasteiger partial charge in [-0.3, -0.25) is 9.69 Å². The van der Waals surface area contributed by atoms with Gasteiger partial charge in [0.05, 0.1) is 11.6 Å². The zero-order valence-corrected chi connectivity index (χ0v) is 17.4. The normalized spacial score (nSPS) is 28.4. The molecule has 2 atom stereocenters. The predicted molar refractivity (Wildman–Crippen MR) is 108 cm³/mol. The summed E-state index contributed by atoms with van der Waals surface area (Å²) in [6.45, 7) is 5.83. The number of hydrogen-bond acceptors (Lipinski definition) is 7. The third-order valence-corrected chi connectivity index (χ3v) is 6.81. The largest absolute Gasteiger partial charge is 0.381 e. The Morgan fingerprint density at radius 1 is 1.31 bits per heavy atom. The summed E-state index contributed by atoms with van der Waals surface area (Å²) in [7, 11) is 2.15. The SMILES string of the molecule is Cc1cc(C#N)nc(N2CCCC3(C2)C(NC(=O)C2CCOCC2)CCN3C)n1. The van der Waals surface area contributed by atoms with Crippen LogP contribution in [0.5, 0.6) is 0 Å². The zero-order valence-electron chi connectivity index (χ0n) is 17.4. The Morgan fingerprint density at radius 2 is 2.10 bits per heavy atom. The maximum absolute atomic E-state index is 12.9. The van der Waals surface area contributed by atoms with Crippen molar-refractivity contribution in [1.82, 2.24) is 20.2 Å². The van der Waals surface area contributed by atoms with Crippen molar-refractivity contribution < 1.29 is 9.53 Å². The van der Waals surface area contributed by atoms with Crippen LogP contribution >= 0.6 is 0 Å². The van der Waals surface area contributed by atoms with Gasteiger partial charge in [0.2, 0.25) is 11.9 Å². The van der Waals surface area contributed by atoms with E-state index >= 15 is 0 Å². The second-order valence-corrected chi connectivity index (χ2v) is 8.59. The number of nitriles is 1. The molecule has 0 bridgehead atoms. The maximum atomic E-state index is 12.9. The van der Waals surface area contributed by atoms with Crippen LogP contribution in [0.25, 0.3) is 0 Å². The number of likely N-dealkylation sites (N-methyl/N-ethyl adjacent to an activating group) is 1. The summed E-state index contributed by atoms with van der Waals surface area (Å²) in [5.41, 5.74) is 1.07. The molecule has 3 fully saturated rings. The highest BCUT2D eigenvalue weighted by Gasteiger charge is 2.50. The highest BCUT2D eigenvalue weighted by atomic mass is 16.5. The summed E-state index contributed by atoms with van der Waals surface area (Å²) in [6.07, 6.45) is 4.61. The van der Waals surface area contributed by atoms with Crippen molar-refractivity contribution in [3.05, 3.63) is 17.5 Å². The van der Waals surface area contributed by atoms with E-state index in [0.29, 0.717) is 24.9 Å². The second kappa shape index (κ2) is 8.25. The molecule has 1 amide bonds. The van der Waals surface area contributed by atoms with Crippen molar-refractivity contribution in [2.75, 3.05) is 44.8 Å². The van der Waals surface area contributed by atoms with Crippen LogP contribution in [0.2, 0.25) is 0 Å². The highest BCUT2D eigenvalue weighted by Crippen LogP contribution is 2.37. The van der Waals surface area contributed by atoms with Crippen LogP contribution in [0.1, 0.15) is 43.5 Å². The van der Waals surface area contributed by atoms with Crippen molar-refractivity contribution in [3.8, 4) is 6.07 Å². The van der Waals surface area contributed by atoms with Gasteiger partial charge in [0.1, 0.15) is 11.8 Å². The minimum absolute atomic E-state index is 0.0599. The fraction of sp³-hybridized carbons (Fsp3) is 0.714. The Balaban J connectivity index is 1.53. The summed E-state index contributed by atoms with van der Waals surface area (Å²) >= 11 is 0. The van der Waals surface area contributed by atoms with Crippen LogP contribution < -0.4 is 10.2 Å². The van der Waals surface area contributed by atoms with E-state index in [-0.39, 0.29) is 23.4 Å². The summed E-state index contributed by atoms with van der Waals surface area (Å²) in [4.78, 5) is 26.5. The molecule has 8 nitrogen and oxygen atoms in total. The number of likely N-dealkylation sites (tertiary alicyclic amines) is 1. The van der Waals surface area contributed by atoms with E-state index in [1.165, 1.54) is 0 Å². The molecule has 29 heavy (non-hydrogen) atoms. The fourth-order valence-electron chi connectivity index (χ4n) is 5.12. The number of ether oxygens (including phenoxy) is 1. The van der Waals surface area contributed by atoms with Crippen molar-refractivity contribution in [3.63, 3.8) is 0 Å². The summed E-state index contributed by atoms with van der Waals surface area (Å²) in [5, 5.41) is 12.7. The van der Waals surface area contributed by atoms with Crippen molar-refractivity contribution >= 4 is 11.9 Å². The lowest BCUT2D eigenvalue weighted by atomic mass is 9.82. The van der Waals surface area contributed by atoms with Gasteiger partial charge in [-0.2, -0.15) is 5.26 Å². The minimum atomic E-state index is -0.126. The van der Waals surface area contributed by atoms with Gasteiger partial charge in [0, 0.05) is 44.5 Å². The number of carbonyl (C=O) groups is 1. The molecule has 0 saturated carbocycles. The zero-order chi connectivity index (χ0) is 20.4. The standard InChI is InChI=1S/C21H30N6O2/c1-15-12-17(13-22)24-20(23-15)27-8-3-7-21(14-27)18(4-9-26(21)2)25-19(28)16-5-10-29-11-6-16/h12,16,18H,3-11,14H2,1-2H3,(H,25,28). The first-order valence-corrected chi connectivity index (χ1v) is 10.6. The number of aromatic nitrogens is 2. The van der Waals surface area contributed by atoms with E-state index < -0.39 is 0 Å². The molecule has 0 radical (unpaired) electrons. The molecule has 4 rings (SSSR count). The van der Waals surface area contributed by atoms with E-state index in [1.54, 1.807) is 6.07 Å². The van der Waals surface area contributed by atoms with Gasteiger partial charge >= 0.3 is 0 Å². The Labute approximate surface area is 172 Å². The smallest absolute Gasteiger partial charge is 0.226 e. The quantitative estimate of drug-likeness (QED) is 0.819. The Morgan fingerprint density at radius 3 is 2.86 bits per heavy atom. The van der Waals surface area contributed by atoms with E-state index in [9.17, 15) is 10.1 Å². The fourth-order valence-corrected chi connectivity index (χ4v) is 5.12. The molecule has 0 aliphatic carbocycles. The molecule has 4 heterocycles. The van der Waals surface area contributed by atoms with Crippen LogP contribution in [0, 0.1) is 24.2 Å². The Hall–Kier alpha value is -2.24. The molecular weight excluding hydrogens is 368 g/mol. The summed E-state index contributed by atoms with van der Waals surface area (Å²) in [6, 6.07) is 3.96. The van der Waals surface area contributed by atoms with E-state index in [2.05, 4.69) is 38.2 Å². The van der Waals surface area contributed by atoms with Crippen molar-refractivity contribution in [2.45, 2.75) is 50.6 Å². The van der Waals surface area contributed by atoms with E-state index in [4.69, 9.17) is 4.74 Å². The number of nitrogens with one attached hydrogen (secondary N) is 1. The Bertz CT molecular complexity index is 803. The summed E-state index contributed by atoms with van der Waals surface area (Å²) in [5.74, 6) is 0.851.